The SMILES string of the molecule is Cc1ncc(CNC(=O)CCc2ccc(C(F)(F)F)cc2)o1. The molecule has 0 aliphatic carbocycles. The van der Waals surface area contributed by atoms with Gasteiger partial charge in [0.05, 0.1) is 18.3 Å². The lowest BCUT2D eigenvalue weighted by Gasteiger charge is -2.07. The monoisotopic (exact) mass is 312 g/mol. The van der Waals surface area contributed by atoms with Crippen LogP contribution in [0, 0.1) is 6.92 Å². The van der Waals surface area contributed by atoms with Gasteiger partial charge in [-0.1, -0.05) is 12.1 Å². The molecule has 0 aliphatic heterocycles. The van der Waals surface area contributed by atoms with Crippen molar-refractivity contribution in [1.82, 2.24) is 10.3 Å². The second-order valence-corrected chi connectivity index (χ2v) is 4.82. The van der Waals surface area contributed by atoms with Gasteiger partial charge < -0.3 is 9.73 Å². The molecule has 118 valence electrons. The Bertz CT molecular complexity index is 633. The van der Waals surface area contributed by atoms with Gasteiger partial charge in [-0.15, -0.1) is 0 Å². The summed E-state index contributed by atoms with van der Waals surface area (Å²) < 4.78 is 42.5. The molecule has 0 saturated heterocycles. The zero-order chi connectivity index (χ0) is 16.2. The van der Waals surface area contributed by atoms with Crippen molar-refractivity contribution < 1.29 is 22.4 Å². The summed E-state index contributed by atoms with van der Waals surface area (Å²) in [6.07, 6.45) is -2.24. The van der Waals surface area contributed by atoms with E-state index >= 15 is 0 Å². The van der Waals surface area contributed by atoms with E-state index in [1.54, 1.807) is 6.92 Å². The number of carbonyl (C=O) groups is 1. The molecular formula is C15H15F3N2O2. The van der Waals surface area contributed by atoms with Gasteiger partial charge in [0, 0.05) is 13.3 Å². The summed E-state index contributed by atoms with van der Waals surface area (Å²) in [5, 5.41) is 2.67. The number of alkyl halides is 3. The number of benzene rings is 1. The molecule has 0 spiro atoms. The van der Waals surface area contributed by atoms with E-state index in [0.717, 1.165) is 12.1 Å². The number of nitrogens with zero attached hydrogens (tertiary/aromatic N) is 1. The Morgan fingerprint density at radius 3 is 2.50 bits per heavy atom. The predicted molar refractivity (Wildman–Crippen MR) is 72.9 cm³/mol. The summed E-state index contributed by atoms with van der Waals surface area (Å²) in [6.45, 7) is 1.95. The summed E-state index contributed by atoms with van der Waals surface area (Å²) in [5.74, 6) is 0.878. The van der Waals surface area contributed by atoms with E-state index in [-0.39, 0.29) is 18.9 Å². The molecule has 0 unspecified atom stereocenters. The number of oxazole rings is 1. The molecule has 0 bridgehead atoms. The summed E-state index contributed by atoms with van der Waals surface area (Å²) in [7, 11) is 0. The minimum absolute atomic E-state index is 0.193. The molecule has 1 aromatic carbocycles. The van der Waals surface area contributed by atoms with Crippen LogP contribution in [0.4, 0.5) is 13.2 Å². The van der Waals surface area contributed by atoms with Gasteiger partial charge in [0.15, 0.2) is 5.89 Å². The first-order valence-electron chi connectivity index (χ1n) is 6.69. The quantitative estimate of drug-likeness (QED) is 0.922. The molecule has 2 aromatic rings. The van der Waals surface area contributed by atoms with Gasteiger partial charge in [0.25, 0.3) is 0 Å². The molecule has 0 saturated carbocycles. The Hall–Kier alpha value is -2.31. The van der Waals surface area contributed by atoms with Crippen LogP contribution >= 0.6 is 0 Å². The van der Waals surface area contributed by atoms with Gasteiger partial charge >= 0.3 is 6.18 Å². The summed E-state index contributed by atoms with van der Waals surface area (Å²) in [5.41, 5.74) is -0.0138. The first-order valence-corrected chi connectivity index (χ1v) is 6.69. The predicted octanol–water partition coefficient (Wildman–Crippen LogP) is 3.25. The molecular weight excluding hydrogens is 297 g/mol. The summed E-state index contributed by atoms with van der Waals surface area (Å²) in [6, 6.07) is 4.81. The molecule has 1 amide bonds. The van der Waals surface area contributed by atoms with Crippen molar-refractivity contribution in [1.29, 1.82) is 0 Å². The smallest absolute Gasteiger partial charge is 0.416 e. The van der Waals surface area contributed by atoms with Crippen LogP contribution < -0.4 is 5.32 Å². The maximum atomic E-state index is 12.4. The normalized spacial score (nSPS) is 11.5. The molecule has 1 aromatic heterocycles. The number of nitrogens with one attached hydrogen (secondary N) is 1. The zero-order valence-corrected chi connectivity index (χ0v) is 11.9. The van der Waals surface area contributed by atoms with Crippen LogP contribution in [0.5, 0.6) is 0 Å². The minimum atomic E-state index is -4.34. The molecule has 0 aliphatic rings. The third-order valence-electron chi connectivity index (χ3n) is 3.05. The highest BCUT2D eigenvalue weighted by molar-refractivity contribution is 5.76. The van der Waals surface area contributed by atoms with E-state index in [4.69, 9.17) is 4.42 Å². The number of halogens is 3. The van der Waals surface area contributed by atoms with E-state index in [1.807, 2.05) is 0 Å². The van der Waals surface area contributed by atoms with Crippen molar-refractivity contribution in [3.8, 4) is 0 Å². The number of aryl methyl sites for hydroxylation is 2. The number of carbonyl (C=O) groups excluding carboxylic acids is 1. The number of amides is 1. The molecule has 2 rings (SSSR count). The van der Waals surface area contributed by atoms with Gasteiger partial charge in [-0.05, 0) is 24.1 Å². The highest BCUT2D eigenvalue weighted by Gasteiger charge is 2.29. The van der Waals surface area contributed by atoms with Crippen LogP contribution in [0.2, 0.25) is 0 Å². The average molecular weight is 312 g/mol. The van der Waals surface area contributed by atoms with Crippen molar-refractivity contribution in [3.05, 3.63) is 53.2 Å². The highest BCUT2D eigenvalue weighted by Crippen LogP contribution is 2.29. The first-order chi connectivity index (χ1) is 10.3. The van der Waals surface area contributed by atoms with E-state index in [1.165, 1.54) is 18.3 Å². The van der Waals surface area contributed by atoms with E-state index < -0.39 is 11.7 Å². The highest BCUT2D eigenvalue weighted by atomic mass is 19.4. The number of rotatable bonds is 5. The summed E-state index contributed by atoms with van der Waals surface area (Å²) in [4.78, 5) is 15.6. The van der Waals surface area contributed by atoms with Crippen molar-refractivity contribution in [2.45, 2.75) is 32.5 Å². The lowest BCUT2D eigenvalue weighted by Crippen LogP contribution is -2.22. The maximum Gasteiger partial charge on any atom is 0.416 e. The van der Waals surface area contributed by atoms with Gasteiger partial charge in [-0.25, -0.2) is 4.98 Å². The Kier molecular flexibility index (Phi) is 4.85. The third-order valence-corrected chi connectivity index (χ3v) is 3.05. The number of hydrogen-bond donors (Lipinski definition) is 1. The van der Waals surface area contributed by atoms with Crippen LogP contribution in [0.15, 0.2) is 34.9 Å². The van der Waals surface area contributed by atoms with Gasteiger partial charge in [-0.2, -0.15) is 13.2 Å². The molecule has 0 atom stereocenters. The number of aromatic nitrogens is 1. The van der Waals surface area contributed by atoms with Crippen LogP contribution in [0.3, 0.4) is 0 Å². The second-order valence-electron chi connectivity index (χ2n) is 4.82. The lowest BCUT2D eigenvalue weighted by atomic mass is 10.1. The van der Waals surface area contributed by atoms with Crippen molar-refractivity contribution >= 4 is 5.91 Å². The fourth-order valence-corrected chi connectivity index (χ4v) is 1.88. The van der Waals surface area contributed by atoms with Crippen LogP contribution in [0.1, 0.15) is 29.2 Å². The minimum Gasteiger partial charge on any atom is -0.444 e. The maximum absolute atomic E-state index is 12.4. The van der Waals surface area contributed by atoms with Crippen molar-refractivity contribution in [2.75, 3.05) is 0 Å². The molecule has 7 heteroatoms. The Morgan fingerprint density at radius 2 is 1.95 bits per heavy atom. The van der Waals surface area contributed by atoms with E-state index in [2.05, 4.69) is 10.3 Å². The van der Waals surface area contributed by atoms with Crippen molar-refractivity contribution in [2.24, 2.45) is 0 Å². The fraction of sp³-hybridized carbons (Fsp3) is 0.333. The zero-order valence-electron chi connectivity index (χ0n) is 11.9. The number of hydrogen-bond acceptors (Lipinski definition) is 3. The lowest BCUT2D eigenvalue weighted by molar-refractivity contribution is -0.137. The standard InChI is InChI=1S/C15H15F3N2O2/c1-10-19-8-13(22-10)9-20-14(21)7-4-11-2-5-12(6-3-11)15(16,17)18/h2-3,5-6,8H,4,7,9H2,1H3,(H,20,21). The van der Waals surface area contributed by atoms with Crippen LogP contribution in [0.25, 0.3) is 0 Å². The van der Waals surface area contributed by atoms with Gasteiger partial charge in [0.1, 0.15) is 5.76 Å². The topological polar surface area (TPSA) is 55.1 Å². The van der Waals surface area contributed by atoms with Crippen LogP contribution in [-0.2, 0) is 23.9 Å². The van der Waals surface area contributed by atoms with E-state index in [0.29, 0.717) is 23.6 Å². The van der Waals surface area contributed by atoms with Gasteiger partial charge in [0.2, 0.25) is 5.91 Å². The van der Waals surface area contributed by atoms with Gasteiger partial charge in [-0.3, -0.25) is 4.79 Å². The fourth-order valence-electron chi connectivity index (χ4n) is 1.88. The first kappa shape index (κ1) is 16.1. The molecule has 0 fully saturated rings. The Balaban J connectivity index is 1.78. The summed E-state index contributed by atoms with van der Waals surface area (Å²) >= 11 is 0. The van der Waals surface area contributed by atoms with E-state index in [9.17, 15) is 18.0 Å². The Labute approximate surface area is 125 Å². The Morgan fingerprint density at radius 1 is 1.27 bits per heavy atom. The van der Waals surface area contributed by atoms with Crippen molar-refractivity contribution in [3.63, 3.8) is 0 Å². The molecule has 22 heavy (non-hydrogen) atoms. The van der Waals surface area contributed by atoms with Crippen LogP contribution in [-0.4, -0.2) is 10.9 Å². The average Bonchev–Trinajstić information content (AvgIpc) is 2.88. The molecule has 1 heterocycles. The molecule has 1 N–H and O–H groups in total. The largest absolute Gasteiger partial charge is 0.444 e. The molecule has 0 radical (unpaired) electrons. The third kappa shape index (κ3) is 4.61. The molecule has 4 nitrogen and oxygen atoms in total. The second kappa shape index (κ2) is 6.64.